The van der Waals surface area contributed by atoms with Crippen LogP contribution < -0.4 is 0 Å². The Hall–Kier alpha value is -0.610. The minimum Gasteiger partial charge on any atom is -0.481 e. The predicted molar refractivity (Wildman–Crippen MR) is 39.2 cm³/mol. The second kappa shape index (κ2) is 5.09. The van der Waals surface area contributed by atoms with Crippen molar-refractivity contribution in [1.29, 1.82) is 0 Å². The number of aliphatic hydroxyl groups is 2. The molecule has 0 spiro atoms. The fourth-order valence-electron chi connectivity index (χ4n) is 0.766. The van der Waals surface area contributed by atoms with E-state index in [1.807, 2.05) is 0 Å². The first-order chi connectivity index (χ1) is 5.06. The third-order valence-electron chi connectivity index (χ3n) is 1.43. The second-order valence-corrected chi connectivity index (χ2v) is 2.55. The summed E-state index contributed by atoms with van der Waals surface area (Å²) in [7, 11) is 0. The average molecular weight is 162 g/mol. The van der Waals surface area contributed by atoms with Crippen LogP contribution in [0.3, 0.4) is 0 Å². The van der Waals surface area contributed by atoms with Crippen molar-refractivity contribution in [3.63, 3.8) is 0 Å². The van der Waals surface area contributed by atoms with E-state index in [2.05, 4.69) is 0 Å². The van der Waals surface area contributed by atoms with E-state index in [1.54, 1.807) is 6.92 Å². The van der Waals surface area contributed by atoms with Crippen LogP contribution in [0.15, 0.2) is 0 Å². The van der Waals surface area contributed by atoms with Crippen LogP contribution in [-0.4, -0.2) is 33.5 Å². The maximum Gasteiger partial charge on any atom is 0.305 e. The van der Waals surface area contributed by atoms with Gasteiger partial charge in [0.15, 0.2) is 0 Å². The van der Waals surface area contributed by atoms with Crippen molar-refractivity contribution < 1.29 is 20.1 Å². The van der Waals surface area contributed by atoms with Crippen LogP contribution in [0.4, 0.5) is 0 Å². The van der Waals surface area contributed by atoms with E-state index in [0.29, 0.717) is 6.42 Å². The van der Waals surface area contributed by atoms with E-state index in [9.17, 15) is 4.79 Å². The van der Waals surface area contributed by atoms with Crippen molar-refractivity contribution in [2.45, 2.75) is 38.4 Å². The van der Waals surface area contributed by atoms with E-state index in [4.69, 9.17) is 15.3 Å². The van der Waals surface area contributed by atoms with Gasteiger partial charge in [-0.15, -0.1) is 0 Å². The summed E-state index contributed by atoms with van der Waals surface area (Å²) in [5, 5.41) is 26.2. The van der Waals surface area contributed by atoms with Crippen molar-refractivity contribution in [1.82, 2.24) is 0 Å². The number of carbonyl (C=O) groups is 1. The van der Waals surface area contributed by atoms with Gasteiger partial charge in [0.1, 0.15) is 0 Å². The number of carboxylic acid groups (broad SMARTS) is 1. The van der Waals surface area contributed by atoms with E-state index < -0.39 is 18.2 Å². The number of hydrogen-bond donors (Lipinski definition) is 3. The van der Waals surface area contributed by atoms with Gasteiger partial charge in [0, 0.05) is 0 Å². The SMILES string of the molecule is CCC(O)CC(O)CC(=O)O. The summed E-state index contributed by atoms with van der Waals surface area (Å²) in [5.74, 6) is -1.04. The standard InChI is InChI=1S/C7H14O4/c1-2-5(8)3-6(9)4-7(10)11/h5-6,8-9H,2-4H2,1H3,(H,10,11). The summed E-state index contributed by atoms with van der Waals surface area (Å²) in [4.78, 5) is 10.0. The molecule has 0 fully saturated rings. The molecule has 4 heteroatoms. The largest absolute Gasteiger partial charge is 0.481 e. The lowest BCUT2D eigenvalue weighted by molar-refractivity contribution is -0.139. The maximum absolute atomic E-state index is 10.0. The lowest BCUT2D eigenvalue weighted by Crippen LogP contribution is -2.19. The number of rotatable bonds is 5. The van der Waals surface area contributed by atoms with Gasteiger partial charge < -0.3 is 15.3 Å². The van der Waals surface area contributed by atoms with Gasteiger partial charge in [-0.1, -0.05) is 6.92 Å². The van der Waals surface area contributed by atoms with Gasteiger partial charge in [-0.2, -0.15) is 0 Å². The predicted octanol–water partition coefficient (Wildman–Crippen LogP) is -0.0170. The number of aliphatic hydroxyl groups excluding tert-OH is 2. The maximum atomic E-state index is 10.0. The third-order valence-corrected chi connectivity index (χ3v) is 1.43. The molecule has 0 amide bonds. The Labute approximate surface area is 65.5 Å². The van der Waals surface area contributed by atoms with Crippen molar-refractivity contribution in [3.05, 3.63) is 0 Å². The summed E-state index contributed by atoms with van der Waals surface area (Å²) < 4.78 is 0. The molecule has 4 nitrogen and oxygen atoms in total. The first kappa shape index (κ1) is 10.4. The molecule has 0 bridgehead atoms. The van der Waals surface area contributed by atoms with E-state index in [1.165, 1.54) is 0 Å². The molecule has 0 aromatic rings. The first-order valence-electron chi connectivity index (χ1n) is 3.64. The van der Waals surface area contributed by atoms with Gasteiger partial charge in [-0.3, -0.25) is 4.79 Å². The highest BCUT2D eigenvalue weighted by molar-refractivity contribution is 5.67. The lowest BCUT2D eigenvalue weighted by Gasteiger charge is -2.11. The fourth-order valence-corrected chi connectivity index (χ4v) is 0.766. The van der Waals surface area contributed by atoms with Gasteiger partial charge in [0.2, 0.25) is 0 Å². The zero-order valence-electron chi connectivity index (χ0n) is 6.53. The Balaban J connectivity index is 3.51. The summed E-state index contributed by atoms with van der Waals surface area (Å²) in [6, 6.07) is 0. The summed E-state index contributed by atoms with van der Waals surface area (Å²) >= 11 is 0. The molecule has 0 aromatic heterocycles. The van der Waals surface area contributed by atoms with Crippen LogP contribution in [-0.2, 0) is 4.79 Å². The molecular weight excluding hydrogens is 148 g/mol. The number of carboxylic acids is 1. The summed E-state index contributed by atoms with van der Waals surface area (Å²) in [6.07, 6.45) is -1.14. The fraction of sp³-hybridized carbons (Fsp3) is 0.857. The Bertz CT molecular complexity index is 124. The third kappa shape index (κ3) is 5.82. The topological polar surface area (TPSA) is 77.8 Å². The molecule has 2 unspecified atom stereocenters. The quantitative estimate of drug-likeness (QED) is 0.531. The van der Waals surface area contributed by atoms with Gasteiger partial charge in [0.05, 0.1) is 18.6 Å². The average Bonchev–Trinajstić information content (AvgIpc) is 1.85. The molecule has 0 heterocycles. The Morgan fingerprint density at radius 2 is 1.91 bits per heavy atom. The highest BCUT2D eigenvalue weighted by atomic mass is 16.4. The summed E-state index contributed by atoms with van der Waals surface area (Å²) in [6.45, 7) is 1.78. The second-order valence-electron chi connectivity index (χ2n) is 2.55. The van der Waals surface area contributed by atoms with Crippen LogP contribution in [0.5, 0.6) is 0 Å². The lowest BCUT2D eigenvalue weighted by atomic mass is 10.1. The number of hydrogen-bond acceptors (Lipinski definition) is 3. The molecule has 0 aliphatic heterocycles. The molecular formula is C7H14O4. The summed E-state index contributed by atoms with van der Waals surface area (Å²) in [5.41, 5.74) is 0. The molecule has 3 N–H and O–H groups in total. The zero-order chi connectivity index (χ0) is 8.85. The zero-order valence-corrected chi connectivity index (χ0v) is 6.53. The van der Waals surface area contributed by atoms with Crippen molar-refractivity contribution in [2.75, 3.05) is 0 Å². The van der Waals surface area contributed by atoms with Crippen LogP contribution in [0.25, 0.3) is 0 Å². The van der Waals surface area contributed by atoms with Crippen molar-refractivity contribution in [2.24, 2.45) is 0 Å². The van der Waals surface area contributed by atoms with Gasteiger partial charge >= 0.3 is 5.97 Å². The Morgan fingerprint density at radius 3 is 2.27 bits per heavy atom. The molecule has 0 aliphatic carbocycles. The molecule has 66 valence electrons. The van der Waals surface area contributed by atoms with Crippen molar-refractivity contribution >= 4 is 5.97 Å². The highest BCUT2D eigenvalue weighted by Gasteiger charge is 2.13. The Morgan fingerprint density at radius 1 is 1.36 bits per heavy atom. The molecule has 0 aliphatic rings. The Kier molecular flexibility index (Phi) is 4.81. The molecule has 0 aromatic carbocycles. The van der Waals surface area contributed by atoms with Gasteiger partial charge in [-0.05, 0) is 12.8 Å². The molecule has 0 saturated carbocycles. The van der Waals surface area contributed by atoms with Crippen LogP contribution in [0.1, 0.15) is 26.2 Å². The molecule has 11 heavy (non-hydrogen) atoms. The minimum absolute atomic E-state index is 0.142. The van der Waals surface area contributed by atoms with Crippen molar-refractivity contribution in [3.8, 4) is 0 Å². The van der Waals surface area contributed by atoms with Crippen LogP contribution in [0, 0.1) is 0 Å². The molecule has 2 atom stereocenters. The van der Waals surface area contributed by atoms with E-state index in [0.717, 1.165) is 0 Å². The minimum atomic E-state index is -1.04. The normalized spacial score (nSPS) is 15.9. The van der Waals surface area contributed by atoms with E-state index in [-0.39, 0.29) is 12.8 Å². The highest BCUT2D eigenvalue weighted by Crippen LogP contribution is 2.04. The molecule has 0 radical (unpaired) electrons. The first-order valence-corrected chi connectivity index (χ1v) is 3.64. The van der Waals surface area contributed by atoms with E-state index >= 15 is 0 Å². The van der Waals surface area contributed by atoms with Crippen LogP contribution in [0.2, 0.25) is 0 Å². The smallest absolute Gasteiger partial charge is 0.305 e. The van der Waals surface area contributed by atoms with Gasteiger partial charge in [0.25, 0.3) is 0 Å². The monoisotopic (exact) mass is 162 g/mol. The number of aliphatic carboxylic acids is 1. The van der Waals surface area contributed by atoms with Gasteiger partial charge in [-0.25, -0.2) is 0 Å². The molecule has 0 rings (SSSR count). The molecule has 0 saturated heterocycles. The van der Waals surface area contributed by atoms with Crippen LogP contribution >= 0.6 is 0 Å².